The van der Waals surface area contributed by atoms with Crippen molar-refractivity contribution in [2.24, 2.45) is 11.5 Å². The van der Waals surface area contributed by atoms with Crippen LogP contribution in [0.2, 0.25) is 0 Å². The summed E-state index contributed by atoms with van der Waals surface area (Å²) in [7, 11) is 0. The van der Waals surface area contributed by atoms with Crippen LogP contribution in [0.5, 0.6) is 0 Å². The summed E-state index contributed by atoms with van der Waals surface area (Å²) in [6, 6.07) is 0. The molecule has 0 amide bonds. The number of hydrogen-bond donors (Lipinski definition) is 2. The summed E-state index contributed by atoms with van der Waals surface area (Å²) in [5.74, 6) is 0. The molecule has 0 aliphatic heterocycles. The van der Waals surface area contributed by atoms with Gasteiger partial charge in [-0.15, -0.1) is 0 Å². The summed E-state index contributed by atoms with van der Waals surface area (Å²) in [6.07, 6.45) is 0. The van der Waals surface area contributed by atoms with Crippen molar-refractivity contribution < 1.29 is 0 Å². The minimum atomic E-state index is 0. The maximum absolute atomic E-state index is 4.90. The standard InChI is InChI=1S/C2H8N2.2B/c3-1-2-4;;/h1-4H2;;. The second kappa shape index (κ2) is 19.7. The van der Waals surface area contributed by atoms with Crippen LogP contribution in [0.1, 0.15) is 0 Å². The molecule has 0 heterocycles. The molecule has 32 valence electrons. The average Bonchev–Trinajstić information content (AvgIpc) is 1.37. The molecule has 4 heteroatoms. The van der Waals surface area contributed by atoms with Crippen molar-refractivity contribution in [2.45, 2.75) is 0 Å². The van der Waals surface area contributed by atoms with Gasteiger partial charge in [0.15, 0.2) is 0 Å². The maximum Gasteiger partial charge on any atom is 0.00461 e. The Bertz CT molecular complexity index is 11.5. The molecule has 0 atom stereocenters. The van der Waals surface area contributed by atoms with Crippen LogP contribution >= 0.6 is 0 Å². The van der Waals surface area contributed by atoms with Crippen molar-refractivity contribution in [3.63, 3.8) is 0 Å². The van der Waals surface area contributed by atoms with E-state index in [1.54, 1.807) is 0 Å². The van der Waals surface area contributed by atoms with Crippen molar-refractivity contribution >= 4 is 16.8 Å². The van der Waals surface area contributed by atoms with Gasteiger partial charge < -0.3 is 11.5 Å². The highest BCUT2D eigenvalue weighted by molar-refractivity contribution is 5.76. The summed E-state index contributed by atoms with van der Waals surface area (Å²) in [6.45, 7) is 1.19. The summed E-state index contributed by atoms with van der Waals surface area (Å²) in [4.78, 5) is 0. The minimum absolute atomic E-state index is 0. The molecule has 0 aliphatic carbocycles. The molecule has 0 unspecified atom stereocenters. The normalized spacial score (nSPS) is 5.00. The van der Waals surface area contributed by atoms with Crippen LogP contribution in [-0.2, 0) is 0 Å². The molecular weight excluding hydrogens is 73.7 g/mol. The van der Waals surface area contributed by atoms with E-state index in [1.165, 1.54) is 0 Å². The third-order valence-corrected chi connectivity index (χ3v) is 0.167. The van der Waals surface area contributed by atoms with E-state index in [0.717, 1.165) is 0 Å². The second-order valence-electron chi connectivity index (χ2n) is 0.577. The first-order valence-electron chi connectivity index (χ1n) is 1.32. The SMILES string of the molecule is NCCN.[B].[B]. The van der Waals surface area contributed by atoms with Gasteiger partial charge in [-0.05, 0) is 0 Å². The molecular formula is C2H8B2N2. The average molecular weight is 81.7 g/mol. The zero-order chi connectivity index (χ0) is 3.41. The molecule has 0 saturated carbocycles. The molecule has 0 rings (SSSR count). The molecule has 0 aliphatic rings. The molecule has 0 bridgehead atoms. The Morgan fingerprint density at radius 2 is 1.00 bits per heavy atom. The minimum Gasteiger partial charge on any atom is -0.329 e. The van der Waals surface area contributed by atoms with Gasteiger partial charge in [-0.2, -0.15) is 0 Å². The first-order chi connectivity index (χ1) is 1.91. The van der Waals surface area contributed by atoms with Gasteiger partial charge in [0, 0.05) is 29.9 Å². The molecule has 2 nitrogen and oxygen atoms in total. The fraction of sp³-hybridized carbons (Fsp3) is 1.00. The second-order valence-corrected chi connectivity index (χ2v) is 0.577. The summed E-state index contributed by atoms with van der Waals surface area (Å²) in [5.41, 5.74) is 9.81. The van der Waals surface area contributed by atoms with Gasteiger partial charge in [0.25, 0.3) is 0 Å². The Hall–Kier alpha value is 0.0499. The van der Waals surface area contributed by atoms with Crippen LogP contribution < -0.4 is 11.5 Å². The van der Waals surface area contributed by atoms with Gasteiger partial charge in [-0.1, -0.05) is 0 Å². The van der Waals surface area contributed by atoms with Crippen LogP contribution in [0.4, 0.5) is 0 Å². The number of rotatable bonds is 1. The van der Waals surface area contributed by atoms with Crippen LogP contribution in [0.3, 0.4) is 0 Å². The van der Waals surface area contributed by atoms with Gasteiger partial charge in [0.2, 0.25) is 0 Å². The van der Waals surface area contributed by atoms with E-state index < -0.39 is 0 Å². The molecule has 4 N–H and O–H groups in total. The van der Waals surface area contributed by atoms with Crippen LogP contribution in [0, 0.1) is 0 Å². The van der Waals surface area contributed by atoms with E-state index in [0.29, 0.717) is 13.1 Å². The van der Waals surface area contributed by atoms with E-state index in [4.69, 9.17) is 11.5 Å². The van der Waals surface area contributed by atoms with E-state index in [-0.39, 0.29) is 16.8 Å². The van der Waals surface area contributed by atoms with Gasteiger partial charge in [-0.25, -0.2) is 0 Å². The van der Waals surface area contributed by atoms with Crippen LogP contribution in [0.15, 0.2) is 0 Å². The molecule has 0 aromatic rings. The van der Waals surface area contributed by atoms with Gasteiger partial charge >= 0.3 is 0 Å². The molecule has 6 heavy (non-hydrogen) atoms. The summed E-state index contributed by atoms with van der Waals surface area (Å²) in [5, 5.41) is 0. The van der Waals surface area contributed by atoms with Crippen molar-refractivity contribution in [3.8, 4) is 0 Å². The molecule has 0 spiro atoms. The Morgan fingerprint density at radius 1 is 0.833 bits per heavy atom. The molecule has 0 saturated heterocycles. The highest BCUT2D eigenvalue weighted by Crippen LogP contribution is 1.24. The lowest BCUT2D eigenvalue weighted by atomic mass is 10.7. The lowest BCUT2D eigenvalue weighted by molar-refractivity contribution is 0.976. The Kier molecular flexibility index (Phi) is 54.5. The quantitative estimate of drug-likeness (QED) is 0.364. The lowest BCUT2D eigenvalue weighted by Gasteiger charge is -1.72. The van der Waals surface area contributed by atoms with Gasteiger partial charge in [-0.3, -0.25) is 0 Å². The molecule has 0 fully saturated rings. The van der Waals surface area contributed by atoms with E-state index >= 15 is 0 Å². The fourth-order valence-electron chi connectivity index (χ4n) is 0. The molecule has 6 radical (unpaired) electrons. The van der Waals surface area contributed by atoms with Crippen molar-refractivity contribution in [3.05, 3.63) is 0 Å². The largest absolute Gasteiger partial charge is 0.329 e. The van der Waals surface area contributed by atoms with Crippen molar-refractivity contribution in [1.82, 2.24) is 0 Å². The van der Waals surface area contributed by atoms with E-state index in [2.05, 4.69) is 0 Å². The Labute approximate surface area is 42.4 Å². The Morgan fingerprint density at radius 3 is 1.00 bits per heavy atom. The fourth-order valence-corrected chi connectivity index (χ4v) is 0. The number of nitrogens with two attached hydrogens (primary N) is 2. The first-order valence-corrected chi connectivity index (χ1v) is 1.32. The highest BCUT2D eigenvalue weighted by Gasteiger charge is 1.54. The maximum atomic E-state index is 4.90. The van der Waals surface area contributed by atoms with Gasteiger partial charge in [0.05, 0.1) is 0 Å². The summed E-state index contributed by atoms with van der Waals surface area (Å²) < 4.78 is 0. The van der Waals surface area contributed by atoms with Crippen molar-refractivity contribution in [1.29, 1.82) is 0 Å². The van der Waals surface area contributed by atoms with Crippen LogP contribution in [0.25, 0.3) is 0 Å². The highest BCUT2D eigenvalue weighted by atomic mass is 14.6. The predicted molar refractivity (Wildman–Crippen MR) is 29.6 cm³/mol. The topological polar surface area (TPSA) is 52.0 Å². The molecule has 0 aromatic heterocycles. The molecule has 0 aromatic carbocycles. The monoisotopic (exact) mass is 82.1 g/mol. The van der Waals surface area contributed by atoms with E-state index in [9.17, 15) is 0 Å². The number of hydrogen-bond acceptors (Lipinski definition) is 2. The van der Waals surface area contributed by atoms with E-state index in [1.807, 2.05) is 0 Å². The van der Waals surface area contributed by atoms with Crippen molar-refractivity contribution in [2.75, 3.05) is 13.1 Å². The summed E-state index contributed by atoms with van der Waals surface area (Å²) >= 11 is 0. The Balaban J connectivity index is -0.0000000450. The van der Waals surface area contributed by atoms with Gasteiger partial charge in [0.1, 0.15) is 0 Å². The first kappa shape index (κ1) is 16.6. The smallest absolute Gasteiger partial charge is 0.00461 e. The third kappa shape index (κ3) is 34.2. The lowest BCUT2D eigenvalue weighted by Crippen LogP contribution is -2.11. The predicted octanol–water partition coefficient (Wildman–Crippen LogP) is -1.86. The van der Waals surface area contributed by atoms with Crippen LogP contribution in [-0.4, -0.2) is 29.9 Å². The third-order valence-electron chi connectivity index (χ3n) is 0.167. The zero-order valence-corrected chi connectivity index (χ0v) is 3.72. The zero-order valence-electron chi connectivity index (χ0n) is 3.72.